The van der Waals surface area contributed by atoms with Crippen LogP contribution in [0.5, 0.6) is 5.75 Å². The minimum absolute atomic E-state index is 0.610. The molecule has 0 aliphatic carbocycles. The molecule has 1 unspecified atom stereocenters. The lowest BCUT2D eigenvalue weighted by Gasteiger charge is -2.10. The van der Waals surface area contributed by atoms with Crippen molar-refractivity contribution in [3.05, 3.63) is 73.3 Å². The van der Waals surface area contributed by atoms with Crippen LogP contribution < -0.4 is 4.74 Å². The average molecular weight is 252 g/mol. The highest BCUT2D eigenvalue weighted by molar-refractivity contribution is 5.66. The lowest BCUT2D eigenvalue weighted by molar-refractivity contribution is 0.0251. The van der Waals surface area contributed by atoms with Gasteiger partial charge < -0.3 is 9.84 Å². The Morgan fingerprint density at radius 2 is 1.42 bits per heavy atom. The Labute approximate surface area is 113 Å². The minimum Gasteiger partial charge on any atom is -0.461 e. The predicted molar refractivity (Wildman–Crippen MR) is 78.8 cm³/mol. The molecule has 2 aromatic carbocycles. The van der Waals surface area contributed by atoms with E-state index in [0.29, 0.717) is 5.75 Å². The van der Waals surface area contributed by atoms with Gasteiger partial charge in [-0.15, -0.1) is 0 Å². The molecular weight excluding hydrogens is 236 g/mol. The maximum absolute atomic E-state index is 9.31. The van der Waals surface area contributed by atoms with E-state index >= 15 is 0 Å². The van der Waals surface area contributed by atoms with Crippen molar-refractivity contribution in [2.75, 3.05) is 0 Å². The molecule has 0 fully saturated rings. The van der Waals surface area contributed by atoms with Crippen molar-refractivity contribution in [1.29, 1.82) is 0 Å². The van der Waals surface area contributed by atoms with Gasteiger partial charge in [-0.3, -0.25) is 0 Å². The van der Waals surface area contributed by atoms with Crippen molar-refractivity contribution >= 4 is 6.08 Å². The number of hydrogen-bond donors (Lipinski definition) is 1. The molecule has 0 aliphatic heterocycles. The van der Waals surface area contributed by atoms with E-state index in [0.717, 1.165) is 16.7 Å². The molecule has 2 nitrogen and oxygen atoms in total. The first kappa shape index (κ1) is 13.1. The standard InChI is InChI=1S/C17H16O2/c1-3-13-5-7-14(8-6-13)15-9-11-16(12-10-15)19-17(18)4-2/h3-12,17-18H,1-2H2. The fourth-order valence-electron chi connectivity index (χ4n) is 1.73. The van der Waals surface area contributed by atoms with Crippen LogP contribution in [0.3, 0.4) is 0 Å². The zero-order valence-electron chi connectivity index (χ0n) is 10.6. The van der Waals surface area contributed by atoms with E-state index in [4.69, 9.17) is 4.74 Å². The highest BCUT2D eigenvalue weighted by Gasteiger charge is 2.01. The zero-order chi connectivity index (χ0) is 13.7. The summed E-state index contributed by atoms with van der Waals surface area (Å²) in [6.07, 6.45) is 2.18. The average Bonchev–Trinajstić information content (AvgIpc) is 2.48. The van der Waals surface area contributed by atoms with Gasteiger partial charge in [0.2, 0.25) is 6.29 Å². The van der Waals surface area contributed by atoms with Crippen LogP contribution in [-0.4, -0.2) is 11.4 Å². The maximum atomic E-state index is 9.31. The zero-order valence-corrected chi connectivity index (χ0v) is 10.6. The Hall–Kier alpha value is -2.32. The van der Waals surface area contributed by atoms with Crippen LogP contribution in [0.4, 0.5) is 0 Å². The van der Waals surface area contributed by atoms with Crippen molar-refractivity contribution in [3.8, 4) is 16.9 Å². The van der Waals surface area contributed by atoms with Gasteiger partial charge in [0.05, 0.1) is 0 Å². The molecular formula is C17H16O2. The molecule has 0 heterocycles. The maximum Gasteiger partial charge on any atom is 0.216 e. The fraction of sp³-hybridized carbons (Fsp3) is 0.0588. The van der Waals surface area contributed by atoms with Gasteiger partial charge in [-0.1, -0.05) is 55.6 Å². The topological polar surface area (TPSA) is 29.5 Å². The summed E-state index contributed by atoms with van der Waals surface area (Å²) in [4.78, 5) is 0. The Bertz CT molecular complexity index is 553. The molecule has 0 saturated carbocycles. The van der Waals surface area contributed by atoms with Crippen molar-refractivity contribution in [2.45, 2.75) is 6.29 Å². The van der Waals surface area contributed by atoms with E-state index in [1.165, 1.54) is 6.08 Å². The number of hydrogen-bond acceptors (Lipinski definition) is 2. The third kappa shape index (κ3) is 3.33. The van der Waals surface area contributed by atoms with Gasteiger partial charge in [-0.2, -0.15) is 0 Å². The summed E-state index contributed by atoms with van der Waals surface area (Å²) in [6, 6.07) is 15.7. The molecule has 0 amide bonds. The SMILES string of the molecule is C=Cc1ccc(-c2ccc(OC(O)C=C)cc2)cc1. The minimum atomic E-state index is -0.974. The summed E-state index contributed by atoms with van der Waals surface area (Å²) >= 11 is 0. The molecule has 1 N–H and O–H groups in total. The van der Waals surface area contributed by atoms with Gasteiger partial charge in [-0.05, 0) is 34.9 Å². The molecule has 19 heavy (non-hydrogen) atoms. The Morgan fingerprint density at radius 1 is 0.895 bits per heavy atom. The molecule has 0 radical (unpaired) electrons. The van der Waals surface area contributed by atoms with E-state index in [2.05, 4.69) is 13.2 Å². The smallest absolute Gasteiger partial charge is 0.216 e. The van der Waals surface area contributed by atoms with Gasteiger partial charge >= 0.3 is 0 Å². The third-order valence-electron chi connectivity index (χ3n) is 2.79. The van der Waals surface area contributed by atoms with Crippen molar-refractivity contribution in [2.24, 2.45) is 0 Å². The van der Waals surface area contributed by atoms with E-state index < -0.39 is 6.29 Å². The van der Waals surface area contributed by atoms with Crippen LogP contribution in [0.15, 0.2) is 67.8 Å². The second-order valence-electron chi connectivity index (χ2n) is 4.09. The number of aliphatic hydroxyl groups excluding tert-OH is 1. The van der Waals surface area contributed by atoms with Crippen molar-refractivity contribution in [1.82, 2.24) is 0 Å². The van der Waals surface area contributed by atoms with Gasteiger partial charge in [0, 0.05) is 0 Å². The molecule has 0 aliphatic rings. The van der Waals surface area contributed by atoms with Gasteiger partial charge in [0.15, 0.2) is 0 Å². The van der Waals surface area contributed by atoms with Crippen LogP contribution in [0.25, 0.3) is 17.2 Å². The van der Waals surface area contributed by atoms with Crippen molar-refractivity contribution < 1.29 is 9.84 Å². The lowest BCUT2D eigenvalue weighted by atomic mass is 10.0. The van der Waals surface area contributed by atoms with E-state index in [9.17, 15) is 5.11 Å². The number of benzene rings is 2. The summed E-state index contributed by atoms with van der Waals surface area (Å²) < 4.78 is 5.22. The van der Waals surface area contributed by atoms with E-state index in [-0.39, 0.29) is 0 Å². The summed E-state index contributed by atoms with van der Waals surface area (Å²) in [5.74, 6) is 0.610. The molecule has 0 saturated heterocycles. The Kier molecular flexibility index (Phi) is 4.16. The monoisotopic (exact) mass is 252 g/mol. The second kappa shape index (κ2) is 6.03. The normalized spacial score (nSPS) is 11.6. The fourth-order valence-corrected chi connectivity index (χ4v) is 1.73. The number of ether oxygens (including phenoxy) is 1. The van der Waals surface area contributed by atoms with E-state index in [1.807, 2.05) is 54.6 Å². The lowest BCUT2D eigenvalue weighted by Crippen LogP contribution is -2.10. The molecule has 0 aromatic heterocycles. The van der Waals surface area contributed by atoms with Crippen LogP contribution in [0.2, 0.25) is 0 Å². The quantitative estimate of drug-likeness (QED) is 0.646. The van der Waals surface area contributed by atoms with Crippen LogP contribution in [0.1, 0.15) is 5.56 Å². The molecule has 0 spiro atoms. The Balaban J connectivity index is 2.17. The highest BCUT2D eigenvalue weighted by atomic mass is 16.6. The van der Waals surface area contributed by atoms with Gasteiger partial charge in [0.1, 0.15) is 5.75 Å². The van der Waals surface area contributed by atoms with Gasteiger partial charge in [0.25, 0.3) is 0 Å². The molecule has 2 rings (SSSR count). The summed E-state index contributed by atoms with van der Waals surface area (Å²) in [6.45, 7) is 7.19. The Morgan fingerprint density at radius 3 is 1.89 bits per heavy atom. The first-order chi connectivity index (χ1) is 9.22. The van der Waals surface area contributed by atoms with E-state index in [1.54, 1.807) is 0 Å². The highest BCUT2D eigenvalue weighted by Crippen LogP contribution is 2.23. The van der Waals surface area contributed by atoms with Crippen LogP contribution >= 0.6 is 0 Å². The third-order valence-corrected chi connectivity index (χ3v) is 2.79. The van der Waals surface area contributed by atoms with Crippen molar-refractivity contribution in [3.63, 3.8) is 0 Å². The van der Waals surface area contributed by atoms with Gasteiger partial charge in [-0.25, -0.2) is 0 Å². The largest absolute Gasteiger partial charge is 0.461 e. The second-order valence-corrected chi connectivity index (χ2v) is 4.09. The predicted octanol–water partition coefficient (Wildman–Crippen LogP) is 3.88. The first-order valence-electron chi connectivity index (χ1n) is 6.03. The number of rotatable bonds is 5. The molecule has 96 valence electrons. The number of aliphatic hydroxyl groups is 1. The van der Waals surface area contributed by atoms with Crippen LogP contribution in [0, 0.1) is 0 Å². The summed E-state index contributed by atoms with van der Waals surface area (Å²) in [5, 5.41) is 9.31. The summed E-state index contributed by atoms with van der Waals surface area (Å²) in [7, 11) is 0. The molecule has 0 bridgehead atoms. The molecule has 2 aromatic rings. The molecule has 2 heteroatoms. The first-order valence-corrected chi connectivity index (χ1v) is 6.03. The van der Waals surface area contributed by atoms with Crippen LogP contribution in [-0.2, 0) is 0 Å². The summed E-state index contributed by atoms with van der Waals surface area (Å²) in [5.41, 5.74) is 3.32. The molecule has 1 atom stereocenters.